The summed E-state index contributed by atoms with van der Waals surface area (Å²) >= 11 is 5.32. The first-order valence-electron chi connectivity index (χ1n) is 5.16. The summed E-state index contributed by atoms with van der Waals surface area (Å²) in [5.74, 6) is -6.81. The van der Waals surface area contributed by atoms with Gasteiger partial charge in [-0.25, -0.2) is 0 Å². The zero-order valence-electron chi connectivity index (χ0n) is 9.53. The molecule has 0 aliphatic heterocycles. The van der Waals surface area contributed by atoms with Crippen molar-refractivity contribution in [2.24, 2.45) is 0 Å². The molecule has 1 fully saturated rings. The average molecular weight is 325 g/mol. The van der Waals surface area contributed by atoms with Gasteiger partial charge in [0.05, 0.1) is 0 Å². The van der Waals surface area contributed by atoms with Gasteiger partial charge in [-0.3, -0.25) is 9.59 Å². The second-order valence-electron chi connectivity index (χ2n) is 4.14. The van der Waals surface area contributed by atoms with E-state index >= 15 is 0 Å². The van der Waals surface area contributed by atoms with Crippen LogP contribution in [0.2, 0.25) is 0 Å². The van der Waals surface area contributed by atoms with Crippen LogP contribution in [0.1, 0.15) is 19.3 Å². The van der Waals surface area contributed by atoms with Gasteiger partial charge in [0.15, 0.2) is 10.7 Å². The lowest BCUT2D eigenvalue weighted by Crippen LogP contribution is -2.51. The zero-order chi connectivity index (χ0) is 15.9. The van der Waals surface area contributed by atoms with Crippen LogP contribution in [-0.4, -0.2) is 33.9 Å². The van der Waals surface area contributed by atoms with E-state index in [1.165, 1.54) is 0 Å². The van der Waals surface area contributed by atoms with Gasteiger partial charge in [0.25, 0.3) is 5.78 Å². The number of rotatable bonds is 1. The second kappa shape index (κ2) is 4.94. The van der Waals surface area contributed by atoms with Crippen molar-refractivity contribution in [3.05, 3.63) is 11.3 Å². The Bertz CT molecular complexity index is 478. The van der Waals surface area contributed by atoms with Gasteiger partial charge in [-0.2, -0.15) is 26.3 Å². The van der Waals surface area contributed by atoms with Crippen molar-refractivity contribution >= 4 is 23.2 Å². The highest BCUT2D eigenvalue weighted by molar-refractivity contribution is 6.49. The summed E-state index contributed by atoms with van der Waals surface area (Å²) in [6.45, 7) is 0. The molecule has 0 aromatic carbocycles. The van der Waals surface area contributed by atoms with E-state index in [-0.39, 0.29) is 6.42 Å². The molecule has 0 aromatic rings. The van der Waals surface area contributed by atoms with E-state index in [4.69, 9.17) is 16.7 Å². The molecule has 1 saturated carbocycles. The number of carbonyl (C=O) groups excluding carboxylic acids is 2. The Labute approximate surface area is 113 Å². The lowest BCUT2D eigenvalue weighted by Gasteiger charge is -2.30. The number of halogens is 7. The van der Waals surface area contributed by atoms with Gasteiger partial charge in [0.1, 0.15) is 0 Å². The standard InChI is InChI=1S/C10H7ClF6O3/c11-8(7(20)10(15,16)17)3-1-2-4(5(8)18)6(19)9(12,13)14/h19H,1-3H2/b6-4-. The Balaban J connectivity index is 3.29. The van der Waals surface area contributed by atoms with Crippen molar-refractivity contribution in [3.63, 3.8) is 0 Å². The quantitative estimate of drug-likeness (QED) is 0.265. The van der Waals surface area contributed by atoms with Crippen LogP contribution < -0.4 is 0 Å². The largest absolute Gasteiger partial charge is 0.504 e. The van der Waals surface area contributed by atoms with E-state index in [1.807, 2.05) is 0 Å². The van der Waals surface area contributed by atoms with Crippen LogP contribution in [0.4, 0.5) is 26.3 Å². The molecule has 1 unspecified atom stereocenters. The number of carbonyl (C=O) groups is 2. The Morgan fingerprint density at radius 1 is 1.15 bits per heavy atom. The molecule has 20 heavy (non-hydrogen) atoms. The van der Waals surface area contributed by atoms with Gasteiger partial charge < -0.3 is 5.11 Å². The van der Waals surface area contributed by atoms with Crippen LogP contribution in [0.3, 0.4) is 0 Å². The number of hydrogen-bond acceptors (Lipinski definition) is 3. The summed E-state index contributed by atoms with van der Waals surface area (Å²) in [4.78, 5) is 19.6. The zero-order valence-corrected chi connectivity index (χ0v) is 10.3. The third-order valence-corrected chi connectivity index (χ3v) is 3.29. The number of aliphatic hydroxyl groups excluding tert-OH is 1. The fourth-order valence-corrected chi connectivity index (χ4v) is 2.17. The van der Waals surface area contributed by atoms with Crippen LogP contribution in [0.15, 0.2) is 11.3 Å². The normalized spacial score (nSPS) is 27.4. The van der Waals surface area contributed by atoms with Gasteiger partial charge >= 0.3 is 12.4 Å². The number of alkyl halides is 7. The number of ketones is 2. The van der Waals surface area contributed by atoms with E-state index in [0.29, 0.717) is 0 Å². The smallest absolute Gasteiger partial charge is 0.452 e. The van der Waals surface area contributed by atoms with Crippen molar-refractivity contribution in [1.29, 1.82) is 0 Å². The number of allylic oxidation sites excluding steroid dienone is 2. The monoisotopic (exact) mass is 324 g/mol. The van der Waals surface area contributed by atoms with E-state index in [0.717, 1.165) is 0 Å². The van der Waals surface area contributed by atoms with Crippen molar-refractivity contribution in [2.75, 3.05) is 0 Å². The molecule has 0 aromatic heterocycles. The molecule has 0 amide bonds. The van der Waals surface area contributed by atoms with Gasteiger partial charge in [0, 0.05) is 5.57 Å². The summed E-state index contributed by atoms with van der Waals surface area (Å²) in [5.41, 5.74) is -1.31. The lowest BCUT2D eigenvalue weighted by molar-refractivity contribution is -0.175. The highest BCUT2D eigenvalue weighted by Gasteiger charge is 2.59. The molecule has 114 valence electrons. The molecule has 1 rings (SSSR count). The molecular weight excluding hydrogens is 318 g/mol. The fourth-order valence-electron chi connectivity index (χ4n) is 1.81. The van der Waals surface area contributed by atoms with E-state index in [2.05, 4.69) is 0 Å². The van der Waals surface area contributed by atoms with E-state index in [9.17, 15) is 35.9 Å². The minimum atomic E-state index is -5.46. The van der Waals surface area contributed by atoms with Crippen LogP contribution in [0, 0.1) is 0 Å². The van der Waals surface area contributed by atoms with Crippen molar-refractivity contribution < 1.29 is 41.0 Å². The molecule has 0 heterocycles. The van der Waals surface area contributed by atoms with Crippen LogP contribution in [0.5, 0.6) is 0 Å². The lowest BCUT2D eigenvalue weighted by atomic mass is 9.80. The fraction of sp³-hybridized carbons (Fsp3) is 0.600. The number of hydrogen-bond donors (Lipinski definition) is 1. The first kappa shape index (κ1) is 16.8. The predicted octanol–water partition coefficient (Wildman–Crippen LogP) is 3.22. The summed E-state index contributed by atoms with van der Waals surface area (Å²) in [5, 5.41) is 8.88. The molecule has 0 radical (unpaired) electrons. The molecule has 1 N–H and O–H groups in total. The molecule has 1 atom stereocenters. The van der Waals surface area contributed by atoms with Gasteiger partial charge in [0.2, 0.25) is 5.76 Å². The molecule has 10 heteroatoms. The minimum Gasteiger partial charge on any atom is -0.504 e. The Morgan fingerprint density at radius 3 is 2.05 bits per heavy atom. The van der Waals surface area contributed by atoms with Crippen LogP contribution in [0.25, 0.3) is 0 Å². The summed E-state index contributed by atoms with van der Waals surface area (Å²) in [6, 6.07) is 0. The Morgan fingerprint density at radius 2 is 1.65 bits per heavy atom. The minimum absolute atomic E-state index is 0.369. The molecule has 3 nitrogen and oxygen atoms in total. The van der Waals surface area contributed by atoms with Gasteiger partial charge in [-0.1, -0.05) is 0 Å². The molecule has 0 saturated heterocycles. The second-order valence-corrected chi connectivity index (χ2v) is 4.78. The predicted molar refractivity (Wildman–Crippen MR) is 54.2 cm³/mol. The maximum absolute atomic E-state index is 12.3. The van der Waals surface area contributed by atoms with Crippen LogP contribution >= 0.6 is 11.6 Å². The number of Topliss-reactive ketones (excluding diaryl/α,β-unsaturated/α-hetero) is 2. The molecular formula is C10H7ClF6O3. The molecule has 1 aliphatic rings. The maximum Gasteiger partial charge on any atom is 0.452 e. The maximum atomic E-state index is 12.3. The van der Waals surface area contributed by atoms with Crippen molar-refractivity contribution in [1.82, 2.24) is 0 Å². The molecule has 0 bridgehead atoms. The van der Waals surface area contributed by atoms with E-state index in [1.54, 1.807) is 0 Å². The third-order valence-electron chi connectivity index (χ3n) is 2.75. The van der Waals surface area contributed by atoms with Gasteiger partial charge in [-0.15, -0.1) is 11.6 Å². The summed E-state index contributed by atoms with van der Waals surface area (Å²) < 4.78 is 73.8. The summed E-state index contributed by atoms with van der Waals surface area (Å²) in [6.07, 6.45) is -12.5. The first-order valence-corrected chi connectivity index (χ1v) is 5.54. The van der Waals surface area contributed by atoms with Crippen LogP contribution in [-0.2, 0) is 9.59 Å². The van der Waals surface area contributed by atoms with Gasteiger partial charge in [-0.05, 0) is 19.3 Å². The topological polar surface area (TPSA) is 54.4 Å². The number of aliphatic hydroxyl groups is 1. The van der Waals surface area contributed by atoms with E-state index < -0.39 is 53.0 Å². The SMILES string of the molecule is O=C1/C(=C(\O)C(F)(F)F)CCCC1(Cl)C(=O)C(F)(F)F. The van der Waals surface area contributed by atoms with Crippen molar-refractivity contribution in [2.45, 2.75) is 36.5 Å². The molecule has 1 aliphatic carbocycles. The summed E-state index contributed by atoms with van der Waals surface area (Å²) in [7, 11) is 0. The highest BCUT2D eigenvalue weighted by atomic mass is 35.5. The Hall–Kier alpha value is -1.25. The first-order chi connectivity index (χ1) is 8.82. The highest BCUT2D eigenvalue weighted by Crippen LogP contribution is 2.42. The van der Waals surface area contributed by atoms with Crippen molar-refractivity contribution in [3.8, 4) is 0 Å². The Kier molecular flexibility index (Phi) is 4.15. The third kappa shape index (κ3) is 2.92. The average Bonchev–Trinajstić information content (AvgIpc) is 2.28. The molecule has 0 spiro atoms.